The minimum absolute atomic E-state index is 0.00398. The molecule has 2 aliphatic heterocycles. The number of β-amino-alcohol motifs (C(OH)–C–C–N with tert-alkyl or cyclic N) is 1. The Morgan fingerprint density at radius 1 is 1.36 bits per heavy atom. The Balaban J connectivity index is 1.62. The van der Waals surface area contributed by atoms with Crippen LogP contribution in [0.2, 0.25) is 0 Å². The number of aliphatic hydroxyl groups excluding tert-OH is 2. The molecule has 0 aromatic heterocycles. The highest BCUT2D eigenvalue weighted by Crippen LogP contribution is 2.37. The second-order valence-electron chi connectivity index (χ2n) is 7.26. The number of hydrogen-bond acceptors (Lipinski definition) is 7. The van der Waals surface area contributed by atoms with Gasteiger partial charge in [-0.1, -0.05) is 0 Å². The van der Waals surface area contributed by atoms with Crippen molar-refractivity contribution in [1.82, 2.24) is 10.2 Å². The molecule has 1 fully saturated rings. The van der Waals surface area contributed by atoms with Gasteiger partial charge >= 0.3 is 0 Å². The molecule has 0 radical (unpaired) electrons. The van der Waals surface area contributed by atoms with Crippen molar-refractivity contribution >= 4 is 5.91 Å². The van der Waals surface area contributed by atoms with Gasteiger partial charge in [0.15, 0.2) is 11.5 Å². The lowest BCUT2D eigenvalue weighted by Crippen LogP contribution is -2.47. The number of methoxy groups -OCH3 is 1. The normalized spacial score (nSPS) is 22.4. The van der Waals surface area contributed by atoms with Crippen molar-refractivity contribution in [3.63, 3.8) is 0 Å². The number of fused-ring (bicyclic) bond motifs is 1. The standard InChI is InChI=1S/C20H30N2O6/c1-26-15-10-16(19-18(11-15)27-8-3-9-28-19)20(25)21-12-14-4-6-22(5-2-7-23)13-17(14)24/h10-11,14,17,23-24H,2-9,12-13H2,1H3,(H,21,25)/t14-,17?/m0/s1. The molecule has 3 N–H and O–H groups in total. The Hall–Kier alpha value is -2.03. The average Bonchev–Trinajstić information content (AvgIpc) is 2.95. The quantitative estimate of drug-likeness (QED) is 0.624. The zero-order valence-electron chi connectivity index (χ0n) is 16.4. The molecule has 2 atom stereocenters. The SMILES string of the molecule is COc1cc2c(c(C(=O)NC[C@@H]3CCN(CCCO)CC3O)c1)OCCCO2. The number of amides is 1. The summed E-state index contributed by atoms with van der Waals surface area (Å²) in [7, 11) is 1.54. The van der Waals surface area contributed by atoms with E-state index >= 15 is 0 Å². The predicted molar refractivity (Wildman–Crippen MR) is 103 cm³/mol. The van der Waals surface area contributed by atoms with Crippen LogP contribution in [0.15, 0.2) is 12.1 Å². The van der Waals surface area contributed by atoms with Crippen LogP contribution in [-0.2, 0) is 0 Å². The lowest BCUT2D eigenvalue weighted by atomic mass is 9.93. The van der Waals surface area contributed by atoms with Crippen molar-refractivity contribution in [2.24, 2.45) is 5.92 Å². The molecule has 0 saturated carbocycles. The van der Waals surface area contributed by atoms with Gasteiger partial charge in [0.05, 0.1) is 32.0 Å². The number of ether oxygens (including phenoxy) is 3. The molecular weight excluding hydrogens is 364 g/mol. The number of nitrogens with zero attached hydrogens (tertiary/aromatic N) is 1. The van der Waals surface area contributed by atoms with Gasteiger partial charge in [0, 0.05) is 44.6 Å². The summed E-state index contributed by atoms with van der Waals surface area (Å²) in [5.74, 6) is 1.22. The first-order chi connectivity index (χ1) is 13.6. The van der Waals surface area contributed by atoms with Crippen LogP contribution in [0.3, 0.4) is 0 Å². The van der Waals surface area contributed by atoms with Crippen molar-refractivity contribution in [3.05, 3.63) is 17.7 Å². The summed E-state index contributed by atoms with van der Waals surface area (Å²) in [5.41, 5.74) is 0.381. The van der Waals surface area contributed by atoms with Gasteiger partial charge in [-0.05, 0) is 25.5 Å². The molecule has 1 unspecified atom stereocenters. The molecule has 8 nitrogen and oxygen atoms in total. The van der Waals surface area contributed by atoms with Gasteiger partial charge < -0.3 is 34.6 Å². The molecule has 0 spiro atoms. The topological polar surface area (TPSA) is 100 Å². The summed E-state index contributed by atoms with van der Waals surface area (Å²) in [4.78, 5) is 15.0. The van der Waals surface area contributed by atoms with E-state index in [9.17, 15) is 9.90 Å². The van der Waals surface area contributed by atoms with Gasteiger partial charge in [-0.3, -0.25) is 4.79 Å². The van der Waals surface area contributed by atoms with E-state index in [1.807, 2.05) is 0 Å². The van der Waals surface area contributed by atoms with Gasteiger partial charge in [-0.15, -0.1) is 0 Å². The van der Waals surface area contributed by atoms with Gasteiger partial charge in [0.2, 0.25) is 0 Å². The number of piperidine rings is 1. The van der Waals surface area contributed by atoms with Crippen LogP contribution in [0.4, 0.5) is 0 Å². The van der Waals surface area contributed by atoms with E-state index in [4.69, 9.17) is 19.3 Å². The first-order valence-corrected chi connectivity index (χ1v) is 9.89. The third kappa shape index (κ3) is 5.06. The fraction of sp³-hybridized carbons (Fsp3) is 0.650. The van der Waals surface area contributed by atoms with E-state index < -0.39 is 6.10 Å². The Labute approximate surface area is 165 Å². The fourth-order valence-electron chi connectivity index (χ4n) is 3.64. The number of likely N-dealkylation sites (tertiary alicyclic amines) is 1. The monoisotopic (exact) mass is 394 g/mol. The maximum Gasteiger partial charge on any atom is 0.255 e. The van der Waals surface area contributed by atoms with E-state index in [-0.39, 0.29) is 18.4 Å². The van der Waals surface area contributed by atoms with Crippen molar-refractivity contribution in [1.29, 1.82) is 0 Å². The van der Waals surface area contributed by atoms with Crippen LogP contribution < -0.4 is 19.5 Å². The molecule has 1 saturated heterocycles. The van der Waals surface area contributed by atoms with E-state index in [1.54, 1.807) is 19.2 Å². The minimum Gasteiger partial charge on any atom is -0.497 e. The predicted octanol–water partition coefficient (Wildman–Crippen LogP) is 0.652. The molecule has 28 heavy (non-hydrogen) atoms. The highest BCUT2D eigenvalue weighted by Gasteiger charge is 2.28. The number of carbonyl (C=O) groups is 1. The first-order valence-electron chi connectivity index (χ1n) is 9.89. The zero-order chi connectivity index (χ0) is 19.9. The zero-order valence-corrected chi connectivity index (χ0v) is 16.4. The van der Waals surface area contributed by atoms with E-state index in [1.165, 1.54) is 0 Å². The molecule has 0 aliphatic carbocycles. The Bertz CT molecular complexity index is 668. The smallest absolute Gasteiger partial charge is 0.255 e. The van der Waals surface area contributed by atoms with Crippen molar-refractivity contribution in [2.75, 3.05) is 53.1 Å². The number of benzene rings is 1. The van der Waals surface area contributed by atoms with E-state index in [2.05, 4.69) is 10.2 Å². The van der Waals surface area contributed by atoms with E-state index in [0.29, 0.717) is 55.5 Å². The van der Waals surface area contributed by atoms with Crippen molar-refractivity contribution in [3.8, 4) is 17.2 Å². The summed E-state index contributed by atoms with van der Waals surface area (Å²) >= 11 is 0. The second-order valence-corrected chi connectivity index (χ2v) is 7.26. The fourth-order valence-corrected chi connectivity index (χ4v) is 3.64. The molecule has 0 bridgehead atoms. The summed E-state index contributed by atoms with van der Waals surface area (Å²) < 4.78 is 16.7. The maximum absolute atomic E-state index is 12.8. The Morgan fingerprint density at radius 3 is 2.93 bits per heavy atom. The molecule has 1 aromatic rings. The largest absolute Gasteiger partial charge is 0.497 e. The van der Waals surface area contributed by atoms with Gasteiger partial charge in [0.1, 0.15) is 5.75 Å². The minimum atomic E-state index is -0.505. The van der Waals surface area contributed by atoms with Crippen molar-refractivity contribution in [2.45, 2.75) is 25.4 Å². The van der Waals surface area contributed by atoms with Crippen LogP contribution in [0.1, 0.15) is 29.6 Å². The third-order valence-electron chi connectivity index (χ3n) is 5.26. The van der Waals surface area contributed by atoms with Gasteiger partial charge in [-0.2, -0.15) is 0 Å². The molecular formula is C20H30N2O6. The summed E-state index contributed by atoms with van der Waals surface area (Å²) in [6.45, 7) is 3.76. The van der Waals surface area contributed by atoms with Crippen LogP contribution in [0.25, 0.3) is 0 Å². The lowest BCUT2D eigenvalue weighted by molar-refractivity contribution is 0.0201. The molecule has 2 heterocycles. The van der Waals surface area contributed by atoms with Crippen LogP contribution >= 0.6 is 0 Å². The highest BCUT2D eigenvalue weighted by atomic mass is 16.5. The van der Waals surface area contributed by atoms with Gasteiger partial charge in [0.25, 0.3) is 5.91 Å². The Morgan fingerprint density at radius 2 is 2.18 bits per heavy atom. The molecule has 1 amide bonds. The maximum atomic E-state index is 12.8. The number of nitrogens with one attached hydrogen (secondary N) is 1. The molecule has 156 valence electrons. The number of hydrogen-bond donors (Lipinski definition) is 3. The number of aliphatic hydroxyl groups is 2. The third-order valence-corrected chi connectivity index (χ3v) is 5.26. The number of carbonyl (C=O) groups excluding carboxylic acids is 1. The van der Waals surface area contributed by atoms with Crippen LogP contribution in [0.5, 0.6) is 17.2 Å². The molecule has 1 aromatic carbocycles. The van der Waals surface area contributed by atoms with Crippen LogP contribution in [-0.4, -0.2) is 80.2 Å². The van der Waals surface area contributed by atoms with Gasteiger partial charge in [-0.25, -0.2) is 0 Å². The summed E-state index contributed by atoms with van der Waals surface area (Å²) in [6, 6.07) is 3.38. The first kappa shape index (κ1) is 20.7. The molecule has 3 rings (SSSR count). The van der Waals surface area contributed by atoms with Crippen molar-refractivity contribution < 1.29 is 29.2 Å². The molecule has 8 heteroatoms. The average molecular weight is 394 g/mol. The molecule has 2 aliphatic rings. The second kappa shape index (κ2) is 9.95. The van der Waals surface area contributed by atoms with Crippen LogP contribution in [0, 0.1) is 5.92 Å². The Kier molecular flexibility index (Phi) is 7.36. The lowest BCUT2D eigenvalue weighted by Gasteiger charge is -2.36. The number of rotatable bonds is 7. The summed E-state index contributed by atoms with van der Waals surface area (Å²) in [5, 5.41) is 22.3. The summed E-state index contributed by atoms with van der Waals surface area (Å²) in [6.07, 6.45) is 1.74. The van der Waals surface area contributed by atoms with E-state index in [0.717, 1.165) is 25.9 Å². The highest BCUT2D eigenvalue weighted by molar-refractivity contribution is 5.98.